The molecule has 0 amide bonds. The molecule has 1 N–H and O–H groups in total. The number of rotatable bonds is 5. The number of fused-ring (bicyclic) bond motifs is 1. The predicted molar refractivity (Wildman–Crippen MR) is 116 cm³/mol. The zero-order chi connectivity index (χ0) is 20.5. The van der Waals surface area contributed by atoms with E-state index in [0.29, 0.717) is 11.1 Å². The fourth-order valence-electron chi connectivity index (χ4n) is 2.58. The Kier molecular flexibility index (Phi) is 5.93. The highest BCUT2D eigenvalue weighted by Crippen LogP contribution is 2.39. The summed E-state index contributed by atoms with van der Waals surface area (Å²) in [6.07, 6.45) is 0. The minimum absolute atomic E-state index is 0.0702. The van der Waals surface area contributed by atoms with Crippen molar-refractivity contribution in [3.05, 3.63) is 47.5 Å². The average Bonchev–Trinajstić information content (AvgIpc) is 3.01. The molecule has 28 heavy (non-hydrogen) atoms. The van der Waals surface area contributed by atoms with Crippen LogP contribution in [0.3, 0.4) is 0 Å². The molecule has 0 unspecified atom stereocenters. The maximum Gasteiger partial charge on any atom is 0.263 e. The minimum Gasteiger partial charge on any atom is -0.255 e. The van der Waals surface area contributed by atoms with E-state index in [1.807, 2.05) is 18.2 Å². The number of sulfonamides is 1. The summed E-state index contributed by atoms with van der Waals surface area (Å²) in [5.41, 5.74) is 1.99. The average molecular weight is 452 g/mol. The van der Waals surface area contributed by atoms with Gasteiger partial charge in [0.2, 0.25) is 0 Å². The minimum atomic E-state index is -3.80. The number of benzene rings is 2. The molecule has 0 atom stereocenters. The molecule has 0 saturated carbocycles. The van der Waals surface area contributed by atoms with Crippen molar-refractivity contribution < 1.29 is 12.0 Å². The van der Waals surface area contributed by atoms with Crippen LogP contribution < -0.4 is 4.72 Å². The molecule has 0 radical (unpaired) electrons. The molecule has 1 heterocycles. The second-order valence-electron chi connectivity index (χ2n) is 6.98. The van der Waals surface area contributed by atoms with Crippen LogP contribution in [0, 0.1) is 11.3 Å². The van der Waals surface area contributed by atoms with Crippen LogP contribution in [0.5, 0.6) is 0 Å². The van der Waals surface area contributed by atoms with Gasteiger partial charge in [-0.3, -0.25) is 4.72 Å². The fraction of sp³-hybridized carbons (Fsp3) is 0.222. The largest absolute Gasteiger partial charge is 0.263 e. The molecule has 0 spiro atoms. The van der Waals surface area contributed by atoms with Gasteiger partial charge in [0.15, 0.2) is 5.13 Å². The molecule has 10 heteroatoms. The third-order valence-electron chi connectivity index (χ3n) is 3.94. The fourth-order valence-corrected chi connectivity index (χ4v) is 5.72. The van der Waals surface area contributed by atoms with Gasteiger partial charge in [-0.05, 0) is 60.3 Å². The first-order valence-corrected chi connectivity index (χ1v) is 11.5. The van der Waals surface area contributed by atoms with Crippen molar-refractivity contribution in [2.75, 3.05) is 4.72 Å². The van der Waals surface area contributed by atoms with Crippen molar-refractivity contribution in [3.63, 3.8) is 0 Å². The van der Waals surface area contributed by atoms with Gasteiger partial charge in [0, 0.05) is 16.9 Å². The molecule has 6 nitrogen and oxygen atoms in total. The summed E-state index contributed by atoms with van der Waals surface area (Å²) in [6.45, 7) is 6.24. The first-order chi connectivity index (χ1) is 13.1. The number of nitriles is 1. The Morgan fingerprint density at radius 1 is 1.25 bits per heavy atom. The van der Waals surface area contributed by atoms with E-state index in [-0.39, 0.29) is 15.4 Å². The van der Waals surface area contributed by atoms with E-state index in [9.17, 15) is 8.42 Å². The molecule has 0 aliphatic carbocycles. The summed E-state index contributed by atoms with van der Waals surface area (Å²) < 4.78 is 33.5. The smallest absolute Gasteiger partial charge is 0.255 e. The quantitative estimate of drug-likeness (QED) is 0.412. The molecule has 2 aromatic carbocycles. The molecule has 146 valence electrons. The van der Waals surface area contributed by atoms with Crippen LogP contribution in [0.4, 0.5) is 5.13 Å². The maximum atomic E-state index is 12.6. The van der Waals surface area contributed by atoms with Gasteiger partial charge in [-0.15, -0.1) is 0 Å². The Bertz CT molecular complexity index is 1160. The highest BCUT2D eigenvalue weighted by Gasteiger charge is 2.22. The van der Waals surface area contributed by atoms with E-state index in [4.69, 9.17) is 8.89 Å². The lowest BCUT2D eigenvalue weighted by molar-refractivity contribution is 0.577. The molecule has 0 saturated heterocycles. The third-order valence-corrected chi connectivity index (χ3v) is 7.17. The van der Waals surface area contributed by atoms with Crippen molar-refractivity contribution in [1.82, 2.24) is 4.98 Å². The van der Waals surface area contributed by atoms with Gasteiger partial charge < -0.3 is 0 Å². The predicted octanol–water partition coefficient (Wildman–Crippen LogP) is 5.13. The number of hydrogen-bond acceptors (Lipinski definition) is 8. The lowest BCUT2D eigenvalue weighted by Crippen LogP contribution is -2.13. The number of thiol groups is 1. The van der Waals surface area contributed by atoms with Gasteiger partial charge in [-0.2, -0.15) is 5.26 Å². The molecule has 0 aliphatic rings. The highest BCUT2D eigenvalue weighted by molar-refractivity contribution is 8.01. The van der Waals surface area contributed by atoms with Gasteiger partial charge in [-0.25, -0.2) is 17.0 Å². The van der Waals surface area contributed by atoms with Crippen LogP contribution in [0.1, 0.15) is 31.9 Å². The van der Waals surface area contributed by atoms with Gasteiger partial charge in [0.1, 0.15) is 0 Å². The summed E-state index contributed by atoms with van der Waals surface area (Å²) >= 11 is 6.21. The van der Waals surface area contributed by atoms with Crippen molar-refractivity contribution in [2.45, 2.75) is 36.0 Å². The normalized spacial score (nSPS) is 12.1. The maximum absolute atomic E-state index is 12.6. The molecule has 0 bridgehead atoms. The van der Waals surface area contributed by atoms with Crippen LogP contribution in [-0.2, 0) is 19.1 Å². The van der Waals surface area contributed by atoms with Crippen LogP contribution in [-0.4, -0.2) is 13.4 Å². The SMILES string of the molecule is CC(C)(C)c1cc2nc(NS(=O)(=O)c3ccc(C#N)cc3)sc2cc1SOS. The first-order valence-electron chi connectivity index (χ1n) is 8.10. The second-order valence-corrected chi connectivity index (χ2v) is 10.9. The van der Waals surface area contributed by atoms with E-state index in [2.05, 4.69) is 43.4 Å². The zero-order valence-electron chi connectivity index (χ0n) is 15.3. The molecule has 0 fully saturated rings. The lowest BCUT2D eigenvalue weighted by Gasteiger charge is -2.21. The molecule has 1 aromatic heterocycles. The number of hydrogen-bond donors (Lipinski definition) is 2. The lowest BCUT2D eigenvalue weighted by atomic mass is 9.87. The van der Waals surface area contributed by atoms with Crippen molar-refractivity contribution in [1.29, 1.82) is 5.26 Å². The number of nitrogens with zero attached hydrogens (tertiary/aromatic N) is 2. The molecule has 3 aromatic rings. The molecular formula is C18H17N3O3S4. The zero-order valence-corrected chi connectivity index (χ0v) is 18.6. The summed E-state index contributed by atoms with van der Waals surface area (Å²) in [4.78, 5) is 5.41. The van der Waals surface area contributed by atoms with Crippen LogP contribution in [0.15, 0.2) is 46.2 Å². The summed E-state index contributed by atoms with van der Waals surface area (Å²) in [7, 11) is -3.80. The highest BCUT2D eigenvalue weighted by atomic mass is 32.2. The van der Waals surface area contributed by atoms with E-state index < -0.39 is 10.0 Å². The van der Waals surface area contributed by atoms with E-state index in [1.54, 1.807) is 0 Å². The van der Waals surface area contributed by atoms with E-state index in [1.165, 1.54) is 35.6 Å². The summed E-state index contributed by atoms with van der Waals surface area (Å²) in [5, 5.41) is 9.12. The third kappa shape index (κ3) is 4.45. The summed E-state index contributed by atoms with van der Waals surface area (Å²) in [6, 6.07) is 11.5. The molecule has 3 rings (SSSR count). The monoisotopic (exact) mass is 451 g/mol. The summed E-state index contributed by atoms with van der Waals surface area (Å²) in [5.74, 6) is 0. The van der Waals surface area contributed by atoms with Crippen LogP contribution >= 0.6 is 36.3 Å². The number of thiazole rings is 1. The van der Waals surface area contributed by atoms with Crippen LogP contribution in [0.25, 0.3) is 10.2 Å². The van der Waals surface area contributed by atoms with E-state index >= 15 is 0 Å². The topological polar surface area (TPSA) is 92.1 Å². The molecular weight excluding hydrogens is 434 g/mol. The van der Waals surface area contributed by atoms with Crippen molar-refractivity contribution in [3.8, 4) is 6.07 Å². The van der Waals surface area contributed by atoms with Crippen molar-refractivity contribution >= 4 is 61.7 Å². The van der Waals surface area contributed by atoms with Gasteiger partial charge in [-0.1, -0.05) is 32.1 Å². The number of nitrogens with one attached hydrogen (secondary N) is 1. The second kappa shape index (κ2) is 7.93. The molecule has 0 aliphatic heterocycles. The van der Waals surface area contributed by atoms with Crippen LogP contribution in [0.2, 0.25) is 0 Å². The number of anilines is 1. The Morgan fingerprint density at radius 2 is 1.93 bits per heavy atom. The van der Waals surface area contributed by atoms with Crippen molar-refractivity contribution in [2.24, 2.45) is 0 Å². The first kappa shape index (κ1) is 21.0. The van der Waals surface area contributed by atoms with Gasteiger partial charge in [0.25, 0.3) is 10.0 Å². The Balaban J connectivity index is 1.98. The Hall–Kier alpha value is -1.77. The standard InChI is InChI=1S/C18H17N3O3S4/c1-18(2,3)13-8-14-16(9-15(13)27-24-25)26-17(20-14)21-28(22,23)12-6-4-11(10-19)5-7-12/h4-9,25H,1-3H3,(H,20,21). The number of aromatic nitrogens is 1. The Labute approximate surface area is 177 Å². The Morgan fingerprint density at radius 3 is 2.50 bits per heavy atom. The van der Waals surface area contributed by atoms with E-state index in [0.717, 1.165) is 27.2 Å². The van der Waals surface area contributed by atoms with Gasteiger partial charge in [0.05, 0.1) is 26.7 Å². The van der Waals surface area contributed by atoms with Gasteiger partial charge >= 0.3 is 0 Å².